The van der Waals surface area contributed by atoms with E-state index in [0.717, 1.165) is 16.8 Å². The van der Waals surface area contributed by atoms with Gasteiger partial charge in [0.2, 0.25) is 0 Å². The smallest absolute Gasteiger partial charge is 0.338 e. The summed E-state index contributed by atoms with van der Waals surface area (Å²) in [6.07, 6.45) is 0. The van der Waals surface area contributed by atoms with E-state index in [4.69, 9.17) is 16.3 Å². The first-order chi connectivity index (χ1) is 9.61. The molecule has 0 unspecified atom stereocenters. The first-order valence-corrected chi connectivity index (χ1v) is 6.66. The summed E-state index contributed by atoms with van der Waals surface area (Å²) < 4.78 is 4.78. The van der Waals surface area contributed by atoms with E-state index in [2.05, 4.69) is 5.32 Å². The number of nitrogens with one attached hydrogen (secondary N) is 1. The standard InChI is InChI=1S/C16H16ClNO2/c1-11-9-13(17)7-8-15(11)18-10-12-5-3-4-6-14(12)16(19)20-2/h3-9,18H,10H2,1-2H3. The molecule has 0 spiro atoms. The van der Waals surface area contributed by atoms with Crippen molar-refractivity contribution in [3.05, 3.63) is 64.2 Å². The van der Waals surface area contributed by atoms with Crippen molar-refractivity contribution in [1.82, 2.24) is 0 Å². The highest BCUT2D eigenvalue weighted by Gasteiger charge is 2.10. The summed E-state index contributed by atoms with van der Waals surface area (Å²) in [6, 6.07) is 13.1. The minimum Gasteiger partial charge on any atom is -0.465 e. The van der Waals surface area contributed by atoms with Crippen molar-refractivity contribution in [3.63, 3.8) is 0 Å². The molecule has 0 aliphatic heterocycles. The molecular weight excluding hydrogens is 274 g/mol. The highest BCUT2D eigenvalue weighted by molar-refractivity contribution is 6.30. The van der Waals surface area contributed by atoms with E-state index in [-0.39, 0.29) is 5.97 Å². The van der Waals surface area contributed by atoms with Gasteiger partial charge in [0, 0.05) is 17.3 Å². The zero-order valence-corrected chi connectivity index (χ0v) is 12.2. The molecule has 2 aromatic carbocycles. The lowest BCUT2D eigenvalue weighted by atomic mass is 10.1. The van der Waals surface area contributed by atoms with Crippen LogP contribution in [0.5, 0.6) is 0 Å². The Hall–Kier alpha value is -2.00. The first kappa shape index (κ1) is 14.4. The molecule has 20 heavy (non-hydrogen) atoms. The molecule has 0 amide bonds. The van der Waals surface area contributed by atoms with Crippen molar-refractivity contribution in [2.45, 2.75) is 13.5 Å². The number of halogens is 1. The quantitative estimate of drug-likeness (QED) is 0.863. The average molecular weight is 290 g/mol. The highest BCUT2D eigenvalue weighted by Crippen LogP contribution is 2.21. The van der Waals surface area contributed by atoms with Gasteiger partial charge >= 0.3 is 5.97 Å². The highest BCUT2D eigenvalue weighted by atomic mass is 35.5. The van der Waals surface area contributed by atoms with E-state index in [1.165, 1.54) is 7.11 Å². The van der Waals surface area contributed by atoms with Gasteiger partial charge in [0.15, 0.2) is 0 Å². The number of ether oxygens (including phenoxy) is 1. The SMILES string of the molecule is COC(=O)c1ccccc1CNc1ccc(Cl)cc1C. The minimum atomic E-state index is -0.324. The molecule has 0 saturated carbocycles. The number of esters is 1. The van der Waals surface area contributed by atoms with Gasteiger partial charge in [-0.25, -0.2) is 4.79 Å². The van der Waals surface area contributed by atoms with Gasteiger partial charge in [-0.3, -0.25) is 0 Å². The molecule has 0 aliphatic rings. The van der Waals surface area contributed by atoms with E-state index in [9.17, 15) is 4.79 Å². The van der Waals surface area contributed by atoms with Gasteiger partial charge in [-0.1, -0.05) is 29.8 Å². The van der Waals surface area contributed by atoms with Crippen LogP contribution < -0.4 is 5.32 Å². The average Bonchev–Trinajstić information content (AvgIpc) is 2.46. The molecule has 0 atom stereocenters. The van der Waals surface area contributed by atoms with Gasteiger partial charge < -0.3 is 10.1 Å². The minimum absolute atomic E-state index is 0.324. The van der Waals surface area contributed by atoms with Gasteiger partial charge in [-0.2, -0.15) is 0 Å². The summed E-state index contributed by atoms with van der Waals surface area (Å²) in [6.45, 7) is 2.54. The van der Waals surface area contributed by atoms with E-state index < -0.39 is 0 Å². The van der Waals surface area contributed by atoms with Crippen molar-refractivity contribution in [2.75, 3.05) is 12.4 Å². The van der Waals surface area contributed by atoms with Crippen LogP contribution in [0.1, 0.15) is 21.5 Å². The Balaban J connectivity index is 2.17. The lowest BCUT2D eigenvalue weighted by Crippen LogP contribution is -2.09. The number of carbonyl (C=O) groups is 1. The molecule has 0 radical (unpaired) electrons. The molecule has 0 heterocycles. The second-order valence-corrected chi connectivity index (χ2v) is 4.90. The third kappa shape index (κ3) is 3.31. The Bertz CT molecular complexity index is 626. The molecule has 2 aromatic rings. The summed E-state index contributed by atoms with van der Waals surface area (Å²) in [5, 5.41) is 4.02. The van der Waals surface area contributed by atoms with Crippen LogP contribution in [0.25, 0.3) is 0 Å². The van der Waals surface area contributed by atoms with Gasteiger partial charge in [-0.05, 0) is 42.3 Å². The molecule has 1 N–H and O–H groups in total. The van der Waals surface area contributed by atoms with Crippen LogP contribution in [0.15, 0.2) is 42.5 Å². The fraction of sp³-hybridized carbons (Fsp3) is 0.188. The van der Waals surface area contributed by atoms with Crippen LogP contribution in [0.3, 0.4) is 0 Å². The third-order valence-corrected chi connectivity index (χ3v) is 3.32. The van der Waals surface area contributed by atoms with Crippen molar-refractivity contribution >= 4 is 23.3 Å². The topological polar surface area (TPSA) is 38.3 Å². The fourth-order valence-corrected chi connectivity index (χ4v) is 2.23. The molecule has 4 heteroatoms. The number of anilines is 1. The molecular formula is C16H16ClNO2. The summed E-state index contributed by atoms with van der Waals surface area (Å²) in [7, 11) is 1.38. The van der Waals surface area contributed by atoms with Crippen molar-refractivity contribution in [2.24, 2.45) is 0 Å². The van der Waals surface area contributed by atoms with Gasteiger partial charge in [0.25, 0.3) is 0 Å². The Labute approximate surface area is 123 Å². The Morgan fingerprint density at radius 3 is 2.70 bits per heavy atom. The lowest BCUT2D eigenvalue weighted by Gasteiger charge is -2.12. The van der Waals surface area contributed by atoms with Crippen molar-refractivity contribution in [3.8, 4) is 0 Å². The maximum absolute atomic E-state index is 11.7. The Morgan fingerprint density at radius 1 is 1.25 bits per heavy atom. The molecule has 0 bridgehead atoms. The maximum Gasteiger partial charge on any atom is 0.338 e. The maximum atomic E-state index is 11.7. The second kappa shape index (κ2) is 6.44. The van der Waals surface area contributed by atoms with E-state index in [1.54, 1.807) is 6.07 Å². The van der Waals surface area contributed by atoms with Gasteiger partial charge in [0.1, 0.15) is 0 Å². The van der Waals surface area contributed by atoms with Gasteiger partial charge in [-0.15, -0.1) is 0 Å². The molecule has 2 rings (SSSR count). The normalized spacial score (nSPS) is 10.2. The predicted octanol–water partition coefficient (Wildman–Crippen LogP) is 4.05. The zero-order chi connectivity index (χ0) is 14.5. The number of rotatable bonds is 4. The Morgan fingerprint density at radius 2 is 2.00 bits per heavy atom. The monoisotopic (exact) mass is 289 g/mol. The van der Waals surface area contributed by atoms with Crippen LogP contribution in [0.2, 0.25) is 5.02 Å². The number of methoxy groups -OCH3 is 1. The Kier molecular flexibility index (Phi) is 4.64. The largest absolute Gasteiger partial charge is 0.465 e. The lowest BCUT2D eigenvalue weighted by molar-refractivity contribution is 0.0599. The van der Waals surface area contributed by atoms with Crippen LogP contribution in [0, 0.1) is 6.92 Å². The van der Waals surface area contributed by atoms with Crippen molar-refractivity contribution < 1.29 is 9.53 Å². The number of hydrogen-bond donors (Lipinski definition) is 1. The summed E-state index contributed by atoms with van der Waals surface area (Å²) in [4.78, 5) is 11.7. The molecule has 0 aliphatic carbocycles. The number of hydrogen-bond acceptors (Lipinski definition) is 3. The molecule has 104 valence electrons. The van der Waals surface area contributed by atoms with Gasteiger partial charge in [0.05, 0.1) is 12.7 Å². The third-order valence-electron chi connectivity index (χ3n) is 3.08. The number of aryl methyl sites for hydroxylation is 1. The molecule has 3 nitrogen and oxygen atoms in total. The zero-order valence-electron chi connectivity index (χ0n) is 11.4. The van der Waals surface area contributed by atoms with E-state index >= 15 is 0 Å². The van der Waals surface area contributed by atoms with Crippen LogP contribution >= 0.6 is 11.6 Å². The van der Waals surface area contributed by atoms with Crippen LogP contribution in [0.4, 0.5) is 5.69 Å². The number of benzene rings is 2. The molecule has 0 saturated heterocycles. The van der Waals surface area contributed by atoms with Crippen LogP contribution in [-0.4, -0.2) is 13.1 Å². The molecule has 0 aromatic heterocycles. The second-order valence-electron chi connectivity index (χ2n) is 4.46. The summed E-state index contributed by atoms with van der Waals surface area (Å²) in [5.74, 6) is -0.324. The van der Waals surface area contributed by atoms with Crippen molar-refractivity contribution in [1.29, 1.82) is 0 Å². The van der Waals surface area contributed by atoms with Crippen LogP contribution in [-0.2, 0) is 11.3 Å². The fourth-order valence-electron chi connectivity index (χ4n) is 2.00. The summed E-state index contributed by atoms with van der Waals surface area (Å²) in [5.41, 5.74) is 3.53. The van der Waals surface area contributed by atoms with E-state index in [0.29, 0.717) is 17.1 Å². The molecule has 0 fully saturated rings. The number of carbonyl (C=O) groups excluding carboxylic acids is 1. The summed E-state index contributed by atoms with van der Waals surface area (Å²) >= 11 is 5.93. The van der Waals surface area contributed by atoms with E-state index in [1.807, 2.05) is 43.3 Å². The predicted molar refractivity (Wildman–Crippen MR) is 81.3 cm³/mol. The first-order valence-electron chi connectivity index (χ1n) is 6.28.